The van der Waals surface area contributed by atoms with Gasteiger partial charge >= 0.3 is 0 Å². The lowest BCUT2D eigenvalue weighted by atomic mass is 10.3. The first-order valence-electron chi connectivity index (χ1n) is 2.70. The molecule has 1 amide bonds. The maximum absolute atomic E-state index is 10.6. The van der Waals surface area contributed by atoms with E-state index in [1.54, 1.807) is 0 Å². The molecule has 0 aliphatic carbocycles. The Morgan fingerprint density at radius 1 is 1.23 bits per heavy atom. The van der Waals surface area contributed by atoms with Crippen LogP contribution in [0.1, 0.15) is 0 Å². The Hall–Kier alpha value is 1.52. The van der Waals surface area contributed by atoms with E-state index in [0.29, 0.717) is 0 Å². The standard InChI is InChI=1S/C5H3Br3Cl3NO/c6-4(7,8)2(1-3(12)13)5(9,10)11/h1H,(H2,12,13)/b2-1+. The number of carbonyl (C=O) groups is 1. The second-order valence-corrected chi connectivity index (χ2v) is 11.0. The molecule has 0 spiro atoms. The Morgan fingerprint density at radius 3 is 1.69 bits per heavy atom. The molecule has 0 rings (SSSR count). The van der Waals surface area contributed by atoms with Crippen LogP contribution in [-0.4, -0.2) is 11.8 Å². The van der Waals surface area contributed by atoms with Crippen molar-refractivity contribution in [3.05, 3.63) is 11.6 Å². The summed E-state index contributed by atoms with van der Waals surface area (Å²) >= 11 is 26.1. The van der Waals surface area contributed by atoms with Gasteiger partial charge in [0.1, 0.15) is 0 Å². The highest BCUT2D eigenvalue weighted by atomic mass is 80.0. The van der Waals surface area contributed by atoms with E-state index in [0.717, 1.165) is 6.08 Å². The molecule has 2 nitrogen and oxygen atoms in total. The quantitative estimate of drug-likeness (QED) is 0.493. The van der Waals surface area contributed by atoms with Crippen LogP contribution in [0.15, 0.2) is 11.6 Å². The molecule has 0 aromatic carbocycles. The topological polar surface area (TPSA) is 43.1 Å². The van der Waals surface area contributed by atoms with Gasteiger partial charge in [-0.15, -0.1) is 0 Å². The van der Waals surface area contributed by atoms with Gasteiger partial charge in [-0.05, 0) is 0 Å². The van der Waals surface area contributed by atoms with Crippen LogP contribution in [-0.2, 0) is 4.79 Å². The fraction of sp³-hybridized carbons (Fsp3) is 0.400. The average molecular weight is 439 g/mol. The van der Waals surface area contributed by atoms with E-state index in [4.69, 9.17) is 40.5 Å². The van der Waals surface area contributed by atoms with Crippen LogP contribution in [0.5, 0.6) is 0 Å². The predicted octanol–water partition coefficient (Wildman–Crippen LogP) is 3.61. The third-order valence-electron chi connectivity index (χ3n) is 0.897. The average Bonchev–Trinajstić information content (AvgIpc) is 1.77. The third-order valence-corrected chi connectivity index (χ3v) is 2.79. The molecule has 8 heteroatoms. The summed E-state index contributed by atoms with van der Waals surface area (Å²) in [5, 5.41) is 0. The molecule has 13 heavy (non-hydrogen) atoms. The number of allylic oxidation sites excluding steroid dienone is 1. The molecule has 0 aliphatic heterocycles. The van der Waals surface area contributed by atoms with Crippen molar-refractivity contribution < 1.29 is 4.79 Å². The second kappa shape index (κ2) is 5.03. The summed E-state index contributed by atoms with van der Waals surface area (Å²) in [5.41, 5.74) is 5.07. The van der Waals surface area contributed by atoms with E-state index in [-0.39, 0.29) is 5.57 Å². The summed E-state index contributed by atoms with van der Waals surface area (Å²) < 4.78 is -2.70. The molecule has 0 aromatic heterocycles. The second-order valence-electron chi connectivity index (χ2n) is 1.96. The van der Waals surface area contributed by atoms with Crippen molar-refractivity contribution in [1.82, 2.24) is 0 Å². The van der Waals surface area contributed by atoms with Crippen molar-refractivity contribution in [3.8, 4) is 0 Å². The van der Waals surface area contributed by atoms with Gasteiger partial charge in [0.2, 0.25) is 9.70 Å². The van der Waals surface area contributed by atoms with Gasteiger partial charge in [-0.3, -0.25) is 4.79 Å². The Kier molecular flexibility index (Phi) is 5.62. The number of nitrogens with two attached hydrogens (primary N) is 1. The lowest BCUT2D eigenvalue weighted by molar-refractivity contribution is -0.113. The van der Waals surface area contributed by atoms with Gasteiger partial charge < -0.3 is 5.73 Å². The van der Waals surface area contributed by atoms with Crippen molar-refractivity contribution >= 4 is 88.5 Å². The molecule has 2 N–H and O–H groups in total. The van der Waals surface area contributed by atoms with Crippen LogP contribution in [0.2, 0.25) is 0 Å². The van der Waals surface area contributed by atoms with E-state index < -0.39 is 11.8 Å². The number of primary amides is 1. The van der Waals surface area contributed by atoms with Gasteiger partial charge in [0.15, 0.2) is 2.14 Å². The van der Waals surface area contributed by atoms with Crippen LogP contribution < -0.4 is 5.73 Å². The Balaban J connectivity index is 5.13. The van der Waals surface area contributed by atoms with E-state index >= 15 is 0 Å². The zero-order valence-corrected chi connectivity index (χ0v) is 12.9. The molecule has 76 valence electrons. The number of hydrogen-bond acceptors (Lipinski definition) is 1. The minimum Gasteiger partial charge on any atom is -0.366 e. The Morgan fingerprint density at radius 2 is 1.62 bits per heavy atom. The molecule has 0 atom stereocenters. The number of carbonyl (C=O) groups excluding carboxylic acids is 1. The summed E-state index contributed by atoms with van der Waals surface area (Å²) in [6.07, 6.45) is 1.02. The minimum atomic E-state index is -1.73. The molecule has 0 saturated heterocycles. The first-order valence-corrected chi connectivity index (χ1v) is 6.22. The highest BCUT2D eigenvalue weighted by Crippen LogP contribution is 2.50. The lowest BCUT2D eigenvalue weighted by Crippen LogP contribution is -2.22. The highest BCUT2D eigenvalue weighted by molar-refractivity contribution is 9.39. The summed E-state index contributed by atoms with van der Waals surface area (Å²) in [4.78, 5) is 10.6. The molecule has 0 radical (unpaired) electrons. The van der Waals surface area contributed by atoms with Crippen LogP contribution in [0.4, 0.5) is 0 Å². The molecule has 0 heterocycles. The zero-order chi connectivity index (χ0) is 10.9. The maximum atomic E-state index is 10.6. The predicted molar refractivity (Wildman–Crippen MR) is 67.1 cm³/mol. The van der Waals surface area contributed by atoms with Crippen molar-refractivity contribution in [3.63, 3.8) is 0 Å². The van der Waals surface area contributed by atoms with E-state index in [1.807, 2.05) is 0 Å². The molecule has 0 aromatic rings. The summed E-state index contributed by atoms with van der Waals surface area (Å²) in [7, 11) is 0. The monoisotopic (exact) mass is 435 g/mol. The number of rotatable bonds is 1. The number of hydrogen-bond donors (Lipinski definition) is 1. The van der Waals surface area contributed by atoms with Gasteiger partial charge in [-0.25, -0.2) is 0 Å². The largest absolute Gasteiger partial charge is 0.366 e. The summed E-state index contributed by atoms with van der Waals surface area (Å²) in [5.74, 6) is -0.705. The fourth-order valence-electron chi connectivity index (χ4n) is 0.467. The fourth-order valence-corrected chi connectivity index (χ4v) is 3.32. The van der Waals surface area contributed by atoms with Crippen molar-refractivity contribution in [2.45, 2.75) is 5.94 Å². The molecule has 0 unspecified atom stereocenters. The first-order chi connectivity index (χ1) is 5.55. The molecular formula is C5H3Br3Cl3NO. The minimum absolute atomic E-state index is 0.137. The molecular weight excluding hydrogens is 436 g/mol. The van der Waals surface area contributed by atoms with E-state index in [2.05, 4.69) is 47.8 Å². The molecule has 0 fully saturated rings. The van der Waals surface area contributed by atoms with Gasteiger partial charge in [0, 0.05) is 11.6 Å². The molecule has 0 saturated carbocycles. The van der Waals surface area contributed by atoms with Crippen LogP contribution in [0.3, 0.4) is 0 Å². The number of alkyl halides is 6. The van der Waals surface area contributed by atoms with Crippen molar-refractivity contribution in [2.24, 2.45) is 5.73 Å². The summed E-state index contributed by atoms with van der Waals surface area (Å²) in [6, 6.07) is 0. The lowest BCUT2D eigenvalue weighted by Gasteiger charge is -2.23. The first kappa shape index (κ1) is 14.5. The van der Waals surface area contributed by atoms with Crippen LogP contribution in [0, 0.1) is 0 Å². The van der Waals surface area contributed by atoms with Crippen LogP contribution in [0.25, 0.3) is 0 Å². The summed E-state index contributed by atoms with van der Waals surface area (Å²) in [6.45, 7) is 0. The third kappa shape index (κ3) is 5.85. The Labute approximate surface area is 116 Å². The van der Waals surface area contributed by atoms with Gasteiger partial charge in [-0.2, -0.15) is 0 Å². The smallest absolute Gasteiger partial charge is 0.241 e. The van der Waals surface area contributed by atoms with Crippen molar-refractivity contribution in [2.75, 3.05) is 0 Å². The van der Waals surface area contributed by atoms with Crippen molar-refractivity contribution in [1.29, 1.82) is 0 Å². The molecule has 0 bridgehead atoms. The Bertz CT molecular complexity index is 226. The number of amides is 1. The zero-order valence-electron chi connectivity index (χ0n) is 5.83. The normalized spacial score (nSPS) is 14.5. The van der Waals surface area contributed by atoms with E-state index in [1.165, 1.54) is 0 Å². The van der Waals surface area contributed by atoms with Gasteiger partial charge in [0.05, 0.1) is 0 Å². The molecule has 0 aliphatic rings. The van der Waals surface area contributed by atoms with Crippen LogP contribution >= 0.6 is 82.6 Å². The van der Waals surface area contributed by atoms with Gasteiger partial charge in [0.25, 0.3) is 0 Å². The van der Waals surface area contributed by atoms with E-state index in [9.17, 15) is 4.79 Å². The SMILES string of the molecule is NC(=O)/C=C(/C(Cl)(Cl)Cl)C(Br)(Br)Br. The van der Waals surface area contributed by atoms with Gasteiger partial charge in [-0.1, -0.05) is 82.6 Å². The number of halogens is 6. The highest BCUT2D eigenvalue weighted by Gasteiger charge is 2.39. The maximum Gasteiger partial charge on any atom is 0.241 e.